The zero-order valence-corrected chi connectivity index (χ0v) is 11.9. The molecule has 0 aliphatic heterocycles. The standard InChI is InChI=1S/C10H10Br2O4/c1-15-9-5(4-7(13)14)3-6(11)10(16-2)8(9)12/h3H,4H2,1-2H3,(H,13,14). The molecule has 0 spiro atoms. The van der Waals surface area contributed by atoms with Gasteiger partial charge < -0.3 is 14.6 Å². The molecule has 16 heavy (non-hydrogen) atoms. The van der Waals surface area contributed by atoms with E-state index >= 15 is 0 Å². The molecule has 6 heteroatoms. The minimum Gasteiger partial charge on any atom is -0.495 e. The Labute approximate surface area is 110 Å². The van der Waals surface area contributed by atoms with Gasteiger partial charge in [-0.3, -0.25) is 4.79 Å². The topological polar surface area (TPSA) is 55.8 Å². The summed E-state index contributed by atoms with van der Waals surface area (Å²) in [5, 5.41) is 8.78. The molecule has 0 saturated carbocycles. The van der Waals surface area contributed by atoms with Crippen LogP contribution in [0, 0.1) is 0 Å². The van der Waals surface area contributed by atoms with Crippen LogP contribution in [0.15, 0.2) is 15.0 Å². The molecular formula is C10H10Br2O4. The molecule has 0 aromatic heterocycles. The van der Waals surface area contributed by atoms with E-state index in [4.69, 9.17) is 14.6 Å². The smallest absolute Gasteiger partial charge is 0.307 e. The fourth-order valence-electron chi connectivity index (χ4n) is 1.34. The van der Waals surface area contributed by atoms with Gasteiger partial charge in [0, 0.05) is 5.56 Å². The van der Waals surface area contributed by atoms with Crippen molar-refractivity contribution in [3.8, 4) is 11.5 Å². The highest BCUT2D eigenvalue weighted by Crippen LogP contribution is 2.42. The predicted octanol–water partition coefficient (Wildman–Crippen LogP) is 2.86. The van der Waals surface area contributed by atoms with Gasteiger partial charge in [0.1, 0.15) is 10.2 Å². The normalized spacial score (nSPS) is 10.0. The molecule has 4 nitrogen and oxygen atoms in total. The second kappa shape index (κ2) is 5.54. The van der Waals surface area contributed by atoms with E-state index in [-0.39, 0.29) is 6.42 Å². The number of rotatable bonds is 4. The lowest BCUT2D eigenvalue weighted by Crippen LogP contribution is -2.04. The Morgan fingerprint density at radius 1 is 1.31 bits per heavy atom. The van der Waals surface area contributed by atoms with E-state index in [0.29, 0.717) is 26.0 Å². The van der Waals surface area contributed by atoms with Crippen LogP contribution < -0.4 is 9.47 Å². The van der Waals surface area contributed by atoms with Crippen LogP contribution in [0.1, 0.15) is 5.56 Å². The lowest BCUT2D eigenvalue weighted by Gasteiger charge is -2.14. The number of aliphatic carboxylic acids is 1. The van der Waals surface area contributed by atoms with Gasteiger partial charge in [0.15, 0.2) is 5.75 Å². The molecule has 0 unspecified atom stereocenters. The maximum atomic E-state index is 10.7. The molecule has 0 saturated heterocycles. The first-order valence-electron chi connectivity index (χ1n) is 4.31. The van der Waals surface area contributed by atoms with Gasteiger partial charge in [0.05, 0.1) is 25.1 Å². The van der Waals surface area contributed by atoms with Crippen molar-refractivity contribution in [2.45, 2.75) is 6.42 Å². The maximum Gasteiger partial charge on any atom is 0.307 e. The van der Waals surface area contributed by atoms with Gasteiger partial charge in [-0.15, -0.1) is 0 Å². The summed E-state index contributed by atoms with van der Waals surface area (Å²) < 4.78 is 11.6. The molecule has 0 fully saturated rings. The fourth-order valence-corrected chi connectivity index (χ4v) is 3.03. The van der Waals surface area contributed by atoms with Crippen LogP contribution in [0.3, 0.4) is 0 Å². The minimum atomic E-state index is -0.915. The van der Waals surface area contributed by atoms with E-state index in [9.17, 15) is 4.79 Å². The van der Waals surface area contributed by atoms with Crippen molar-refractivity contribution in [2.75, 3.05) is 14.2 Å². The van der Waals surface area contributed by atoms with Crippen LogP contribution >= 0.6 is 31.9 Å². The zero-order valence-electron chi connectivity index (χ0n) is 8.71. The summed E-state index contributed by atoms with van der Waals surface area (Å²) in [5.74, 6) is 0.135. The quantitative estimate of drug-likeness (QED) is 0.904. The average Bonchev–Trinajstić information content (AvgIpc) is 2.17. The molecule has 0 aliphatic rings. The molecule has 0 radical (unpaired) electrons. The second-order valence-corrected chi connectivity index (χ2v) is 4.62. The highest BCUT2D eigenvalue weighted by atomic mass is 79.9. The Hall–Kier alpha value is -0.750. The van der Waals surface area contributed by atoms with Crippen LogP contribution in [-0.2, 0) is 11.2 Å². The van der Waals surface area contributed by atoms with Crippen molar-refractivity contribution in [2.24, 2.45) is 0 Å². The van der Waals surface area contributed by atoms with Gasteiger partial charge in [0.25, 0.3) is 0 Å². The van der Waals surface area contributed by atoms with E-state index in [2.05, 4.69) is 31.9 Å². The van der Waals surface area contributed by atoms with Crippen LogP contribution in [0.4, 0.5) is 0 Å². The Bertz CT molecular complexity index is 418. The van der Waals surface area contributed by atoms with Crippen molar-refractivity contribution in [1.82, 2.24) is 0 Å². The third-order valence-electron chi connectivity index (χ3n) is 1.96. The van der Waals surface area contributed by atoms with Crippen LogP contribution in [0.2, 0.25) is 0 Å². The number of carboxylic acids is 1. The summed E-state index contributed by atoms with van der Waals surface area (Å²) >= 11 is 6.63. The Balaban J connectivity index is 3.34. The number of hydrogen-bond donors (Lipinski definition) is 1. The summed E-state index contributed by atoms with van der Waals surface area (Å²) in [4.78, 5) is 10.7. The summed E-state index contributed by atoms with van der Waals surface area (Å²) in [7, 11) is 3.01. The largest absolute Gasteiger partial charge is 0.495 e. The maximum absolute atomic E-state index is 10.7. The van der Waals surface area contributed by atoms with Gasteiger partial charge in [0.2, 0.25) is 0 Å². The van der Waals surface area contributed by atoms with Crippen LogP contribution in [-0.4, -0.2) is 25.3 Å². The number of benzene rings is 1. The molecule has 0 amide bonds. The number of hydrogen-bond acceptors (Lipinski definition) is 3. The van der Waals surface area contributed by atoms with E-state index in [1.165, 1.54) is 14.2 Å². The zero-order chi connectivity index (χ0) is 12.3. The number of ether oxygens (including phenoxy) is 2. The first-order chi connectivity index (χ1) is 7.51. The highest BCUT2D eigenvalue weighted by molar-refractivity contribution is 9.11. The monoisotopic (exact) mass is 352 g/mol. The summed E-state index contributed by atoms with van der Waals surface area (Å²) in [5.41, 5.74) is 0.578. The third-order valence-corrected chi connectivity index (χ3v) is 3.27. The Morgan fingerprint density at radius 2 is 1.88 bits per heavy atom. The van der Waals surface area contributed by atoms with Crippen molar-refractivity contribution >= 4 is 37.8 Å². The highest BCUT2D eigenvalue weighted by Gasteiger charge is 2.18. The molecule has 0 atom stereocenters. The second-order valence-electron chi connectivity index (χ2n) is 2.97. The molecule has 1 N–H and O–H groups in total. The molecule has 1 rings (SSSR count). The number of carbonyl (C=O) groups is 1. The third kappa shape index (κ3) is 2.68. The lowest BCUT2D eigenvalue weighted by molar-refractivity contribution is -0.136. The minimum absolute atomic E-state index is 0.107. The molecule has 0 bridgehead atoms. The Kier molecular flexibility index (Phi) is 4.61. The van der Waals surface area contributed by atoms with Gasteiger partial charge in [-0.2, -0.15) is 0 Å². The van der Waals surface area contributed by atoms with Crippen molar-refractivity contribution in [3.05, 3.63) is 20.6 Å². The van der Waals surface area contributed by atoms with Crippen molar-refractivity contribution in [1.29, 1.82) is 0 Å². The molecule has 1 aromatic rings. The predicted molar refractivity (Wildman–Crippen MR) is 66.3 cm³/mol. The number of methoxy groups -OCH3 is 2. The summed E-state index contributed by atoms with van der Waals surface area (Å²) in [6.45, 7) is 0. The first kappa shape index (κ1) is 13.3. The number of halogens is 2. The number of carboxylic acid groups (broad SMARTS) is 1. The Morgan fingerprint density at radius 3 is 2.31 bits per heavy atom. The van der Waals surface area contributed by atoms with Crippen LogP contribution in [0.5, 0.6) is 11.5 Å². The fraction of sp³-hybridized carbons (Fsp3) is 0.300. The molecule has 0 aliphatic carbocycles. The van der Waals surface area contributed by atoms with Crippen molar-refractivity contribution < 1.29 is 19.4 Å². The molecular weight excluding hydrogens is 344 g/mol. The van der Waals surface area contributed by atoms with E-state index in [0.717, 1.165) is 0 Å². The first-order valence-corrected chi connectivity index (χ1v) is 5.90. The van der Waals surface area contributed by atoms with Gasteiger partial charge in [-0.1, -0.05) is 0 Å². The molecule has 1 aromatic carbocycles. The van der Waals surface area contributed by atoms with Gasteiger partial charge >= 0.3 is 5.97 Å². The molecule has 0 heterocycles. The molecule has 88 valence electrons. The summed E-state index contributed by atoms with van der Waals surface area (Å²) in [6.07, 6.45) is -0.107. The average molecular weight is 354 g/mol. The van der Waals surface area contributed by atoms with E-state index in [1.807, 2.05) is 0 Å². The van der Waals surface area contributed by atoms with Gasteiger partial charge in [-0.25, -0.2) is 0 Å². The SMILES string of the molecule is COc1c(Br)cc(CC(=O)O)c(OC)c1Br. The lowest BCUT2D eigenvalue weighted by atomic mass is 10.1. The van der Waals surface area contributed by atoms with Gasteiger partial charge in [-0.05, 0) is 37.9 Å². The van der Waals surface area contributed by atoms with E-state index in [1.54, 1.807) is 6.07 Å². The van der Waals surface area contributed by atoms with Crippen molar-refractivity contribution in [3.63, 3.8) is 0 Å². The van der Waals surface area contributed by atoms with Crippen LogP contribution in [0.25, 0.3) is 0 Å². The summed E-state index contributed by atoms with van der Waals surface area (Å²) in [6, 6.07) is 1.68. The van der Waals surface area contributed by atoms with E-state index < -0.39 is 5.97 Å².